The second-order valence-corrected chi connectivity index (χ2v) is 3.79. The molecular weight excluding hydrogens is 120 g/mol. The Morgan fingerprint density at radius 3 is 2.30 bits per heavy atom. The molecule has 0 rings (SSSR count). The Balaban J connectivity index is 3.94. The Hall–Kier alpha value is -0.260. The van der Waals surface area contributed by atoms with Crippen LogP contribution in [0.3, 0.4) is 0 Å². The quantitative estimate of drug-likeness (QED) is 0.523. The first-order valence-corrected chi connectivity index (χ1v) is 4.15. The van der Waals surface area contributed by atoms with Crippen molar-refractivity contribution in [1.82, 2.24) is 0 Å². The lowest BCUT2D eigenvalue weighted by Gasteiger charge is -2.29. The second-order valence-electron chi connectivity index (χ2n) is 3.79. The van der Waals surface area contributed by atoms with E-state index in [1.54, 1.807) is 0 Å². The summed E-state index contributed by atoms with van der Waals surface area (Å²) >= 11 is 0. The molecule has 0 heterocycles. The molecule has 0 spiro atoms. The molecule has 1 unspecified atom stereocenters. The third kappa shape index (κ3) is 2.55. The maximum absolute atomic E-state index is 3.76. The first-order chi connectivity index (χ1) is 4.54. The van der Waals surface area contributed by atoms with Crippen molar-refractivity contribution in [3.63, 3.8) is 0 Å². The molecule has 0 radical (unpaired) electrons. The van der Waals surface area contributed by atoms with Crippen LogP contribution in [-0.2, 0) is 0 Å². The highest BCUT2D eigenvalue weighted by atomic mass is 14.3. The number of hydrogen-bond donors (Lipinski definition) is 0. The molecule has 0 fully saturated rings. The van der Waals surface area contributed by atoms with E-state index in [0.717, 1.165) is 12.3 Å². The van der Waals surface area contributed by atoms with Crippen LogP contribution in [-0.4, -0.2) is 0 Å². The van der Waals surface area contributed by atoms with Crippen LogP contribution in [0.5, 0.6) is 0 Å². The van der Waals surface area contributed by atoms with Crippen LogP contribution < -0.4 is 0 Å². The summed E-state index contributed by atoms with van der Waals surface area (Å²) in [5.41, 5.74) is 0.441. The van der Waals surface area contributed by atoms with Gasteiger partial charge in [-0.2, -0.15) is 0 Å². The molecule has 0 amide bonds. The lowest BCUT2D eigenvalue weighted by Crippen LogP contribution is -2.19. The van der Waals surface area contributed by atoms with E-state index >= 15 is 0 Å². The van der Waals surface area contributed by atoms with E-state index in [4.69, 9.17) is 0 Å². The molecule has 0 aromatic heterocycles. The second kappa shape index (κ2) is 3.80. The molecular formula is C10H20. The summed E-state index contributed by atoms with van der Waals surface area (Å²) in [4.78, 5) is 0. The number of rotatable bonds is 4. The lowest BCUT2D eigenvalue weighted by atomic mass is 9.76. The monoisotopic (exact) mass is 140 g/mol. The Bertz CT molecular complexity index is 101. The zero-order valence-electron chi connectivity index (χ0n) is 7.78. The number of allylic oxidation sites excluding steroid dienone is 1. The molecule has 0 N–H and O–H groups in total. The van der Waals surface area contributed by atoms with Crippen LogP contribution in [0.2, 0.25) is 0 Å². The van der Waals surface area contributed by atoms with Crippen LogP contribution in [0.25, 0.3) is 0 Å². The molecule has 0 bridgehead atoms. The van der Waals surface area contributed by atoms with Gasteiger partial charge in [0, 0.05) is 0 Å². The minimum absolute atomic E-state index is 0.441. The van der Waals surface area contributed by atoms with Gasteiger partial charge in [0.15, 0.2) is 0 Å². The van der Waals surface area contributed by atoms with E-state index in [9.17, 15) is 0 Å². The van der Waals surface area contributed by atoms with Gasteiger partial charge in [0.25, 0.3) is 0 Å². The van der Waals surface area contributed by atoms with Gasteiger partial charge < -0.3 is 0 Å². The van der Waals surface area contributed by atoms with Crippen LogP contribution in [0, 0.1) is 11.3 Å². The lowest BCUT2D eigenvalue weighted by molar-refractivity contribution is 0.228. The average Bonchev–Trinajstić information content (AvgIpc) is 1.86. The molecule has 0 aromatic carbocycles. The van der Waals surface area contributed by atoms with Crippen molar-refractivity contribution in [2.45, 2.75) is 40.5 Å². The fraction of sp³-hybridized carbons (Fsp3) is 0.800. The largest absolute Gasteiger partial charge is 0.103 e. The van der Waals surface area contributed by atoms with Crippen LogP contribution >= 0.6 is 0 Å². The molecule has 0 saturated heterocycles. The summed E-state index contributed by atoms with van der Waals surface area (Å²) in [7, 11) is 0. The van der Waals surface area contributed by atoms with Crippen LogP contribution in [0.4, 0.5) is 0 Å². The number of hydrogen-bond acceptors (Lipinski definition) is 0. The van der Waals surface area contributed by atoms with E-state index in [1.807, 2.05) is 6.08 Å². The molecule has 60 valence electrons. The van der Waals surface area contributed by atoms with E-state index in [0.29, 0.717) is 5.41 Å². The highest BCUT2D eigenvalue weighted by molar-refractivity contribution is 4.82. The minimum atomic E-state index is 0.441. The predicted octanol–water partition coefficient (Wildman–Crippen LogP) is 3.63. The molecule has 0 heteroatoms. The van der Waals surface area contributed by atoms with Gasteiger partial charge in [-0.05, 0) is 17.8 Å². The molecule has 0 nitrogen and oxygen atoms in total. The van der Waals surface area contributed by atoms with Crippen molar-refractivity contribution < 1.29 is 0 Å². The van der Waals surface area contributed by atoms with E-state index in [-0.39, 0.29) is 0 Å². The highest BCUT2D eigenvalue weighted by Crippen LogP contribution is 2.32. The molecule has 1 atom stereocenters. The highest BCUT2D eigenvalue weighted by Gasteiger charge is 2.22. The van der Waals surface area contributed by atoms with Gasteiger partial charge in [0.05, 0.1) is 0 Å². The van der Waals surface area contributed by atoms with Crippen LogP contribution in [0.15, 0.2) is 12.7 Å². The van der Waals surface area contributed by atoms with Crippen molar-refractivity contribution in [2.24, 2.45) is 11.3 Å². The van der Waals surface area contributed by atoms with Gasteiger partial charge in [-0.15, -0.1) is 6.58 Å². The van der Waals surface area contributed by atoms with Gasteiger partial charge in [-0.3, -0.25) is 0 Å². The van der Waals surface area contributed by atoms with E-state index in [1.165, 1.54) is 6.42 Å². The smallest absolute Gasteiger partial charge is 0.0294 e. The predicted molar refractivity (Wildman–Crippen MR) is 48.1 cm³/mol. The summed E-state index contributed by atoms with van der Waals surface area (Å²) in [5, 5.41) is 0. The summed E-state index contributed by atoms with van der Waals surface area (Å²) in [6.45, 7) is 12.9. The van der Waals surface area contributed by atoms with E-state index in [2.05, 4.69) is 34.3 Å². The summed E-state index contributed by atoms with van der Waals surface area (Å²) in [6.07, 6.45) is 4.41. The first-order valence-electron chi connectivity index (χ1n) is 4.15. The van der Waals surface area contributed by atoms with Crippen molar-refractivity contribution in [3.05, 3.63) is 12.7 Å². The van der Waals surface area contributed by atoms with Crippen molar-refractivity contribution >= 4 is 0 Å². The Morgan fingerprint density at radius 1 is 1.50 bits per heavy atom. The average molecular weight is 140 g/mol. The first kappa shape index (κ1) is 9.74. The molecule has 0 saturated carbocycles. The molecule has 0 aromatic rings. The third-order valence-electron chi connectivity index (χ3n) is 2.62. The van der Waals surface area contributed by atoms with Gasteiger partial charge in [0.2, 0.25) is 0 Å². The zero-order valence-corrected chi connectivity index (χ0v) is 7.78. The SMILES string of the molecule is C=CCC(C)(C)C(C)CC. The van der Waals surface area contributed by atoms with Crippen LogP contribution in [0.1, 0.15) is 40.5 Å². The van der Waals surface area contributed by atoms with Gasteiger partial charge in [0.1, 0.15) is 0 Å². The fourth-order valence-corrected chi connectivity index (χ4v) is 1.13. The fourth-order valence-electron chi connectivity index (χ4n) is 1.13. The maximum Gasteiger partial charge on any atom is -0.0294 e. The van der Waals surface area contributed by atoms with Gasteiger partial charge in [-0.25, -0.2) is 0 Å². The normalized spacial score (nSPS) is 14.8. The molecule has 0 aliphatic rings. The van der Waals surface area contributed by atoms with Crippen molar-refractivity contribution in [1.29, 1.82) is 0 Å². The zero-order chi connectivity index (χ0) is 8.20. The molecule has 0 aliphatic heterocycles. The Labute approximate surface area is 65.3 Å². The van der Waals surface area contributed by atoms with E-state index < -0.39 is 0 Å². The Kier molecular flexibility index (Phi) is 3.70. The summed E-state index contributed by atoms with van der Waals surface area (Å²) in [5.74, 6) is 0.797. The van der Waals surface area contributed by atoms with Crippen molar-refractivity contribution in [3.8, 4) is 0 Å². The Morgan fingerprint density at radius 2 is 2.00 bits per heavy atom. The maximum atomic E-state index is 3.76. The summed E-state index contributed by atoms with van der Waals surface area (Å²) < 4.78 is 0. The standard InChI is InChI=1S/C10H20/c1-6-8-10(4,5)9(3)7-2/h6,9H,1,7-8H2,2-5H3. The summed E-state index contributed by atoms with van der Waals surface area (Å²) in [6, 6.07) is 0. The van der Waals surface area contributed by atoms with Crippen molar-refractivity contribution in [2.75, 3.05) is 0 Å². The topological polar surface area (TPSA) is 0 Å². The molecule has 0 aliphatic carbocycles. The van der Waals surface area contributed by atoms with Gasteiger partial charge in [-0.1, -0.05) is 40.2 Å². The van der Waals surface area contributed by atoms with Gasteiger partial charge >= 0.3 is 0 Å². The molecule has 10 heavy (non-hydrogen) atoms. The third-order valence-corrected chi connectivity index (χ3v) is 2.62. The minimum Gasteiger partial charge on any atom is -0.103 e.